The molecule has 2 aliphatic rings. The molecule has 0 aromatic heterocycles. The van der Waals surface area contributed by atoms with E-state index in [0.29, 0.717) is 35.9 Å². The molecule has 5 nitrogen and oxygen atoms in total. The van der Waals surface area contributed by atoms with Gasteiger partial charge in [0.05, 0.1) is 35.7 Å². The highest BCUT2D eigenvalue weighted by atomic mass is 16.5. The zero-order chi connectivity index (χ0) is 14.8. The molecule has 2 atom stereocenters. The molecule has 2 unspecified atom stereocenters. The van der Waals surface area contributed by atoms with Crippen LogP contribution in [-0.4, -0.2) is 31.3 Å². The smallest absolute Gasteiger partial charge is 0.338 e. The summed E-state index contributed by atoms with van der Waals surface area (Å²) >= 11 is 0. The molecule has 0 amide bonds. The van der Waals surface area contributed by atoms with Crippen molar-refractivity contribution in [3.8, 4) is 0 Å². The molecule has 0 radical (unpaired) electrons. The molecule has 1 saturated carbocycles. The highest BCUT2D eigenvalue weighted by Gasteiger charge is 2.40. The molecule has 1 aliphatic heterocycles. The SMILES string of the molecule is CCOC(=O)c1ccc(NC2CCOC2C2CC2)c(N)c1. The van der Waals surface area contributed by atoms with Gasteiger partial charge in [0.25, 0.3) is 0 Å². The predicted octanol–water partition coefficient (Wildman–Crippen LogP) is 2.42. The summed E-state index contributed by atoms with van der Waals surface area (Å²) in [6, 6.07) is 5.58. The highest BCUT2D eigenvalue weighted by molar-refractivity contribution is 5.92. The number of ether oxygens (including phenoxy) is 2. The Kier molecular flexibility index (Phi) is 4.01. The van der Waals surface area contributed by atoms with Crippen LogP contribution in [0.3, 0.4) is 0 Å². The first-order chi connectivity index (χ1) is 10.2. The van der Waals surface area contributed by atoms with E-state index in [1.54, 1.807) is 19.1 Å². The number of carbonyl (C=O) groups excluding carboxylic acids is 1. The van der Waals surface area contributed by atoms with Crippen molar-refractivity contribution in [1.82, 2.24) is 0 Å². The van der Waals surface area contributed by atoms with Crippen molar-refractivity contribution >= 4 is 17.3 Å². The van der Waals surface area contributed by atoms with Crippen LogP contribution in [-0.2, 0) is 9.47 Å². The predicted molar refractivity (Wildman–Crippen MR) is 81.3 cm³/mol. The molecule has 21 heavy (non-hydrogen) atoms. The lowest BCUT2D eigenvalue weighted by Gasteiger charge is -2.21. The van der Waals surface area contributed by atoms with Gasteiger partial charge in [0.15, 0.2) is 0 Å². The van der Waals surface area contributed by atoms with Gasteiger partial charge >= 0.3 is 5.97 Å². The number of rotatable bonds is 5. The monoisotopic (exact) mass is 290 g/mol. The van der Waals surface area contributed by atoms with Crippen LogP contribution in [0.4, 0.5) is 11.4 Å². The number of carbonyl (C=O) groups is 1. The molecule has 3 N–H and O–H groups in total. The number of nitrogens with two attached hydrogens (primary N) is 1. The van der Waals surface area contributed by atoms with Gasteiger partial charge < -0.3 is 20.5 Å². The second-order valence-electron chi connectivity index (χ2n) is 5.73. The van der Waals surface area contributed by atoms with Crippen LogP contribution < -0.4 is 11.1 Å². The van der Waals surface area contributed by atoms with Crippen molar-refractivity contribution in [2.45, 2.75) is 38.3 Å². The van der Waals surface area contributed by atoms with Gasteiger partial charge in [-0.3, -0.25) is 0 Å². The van der Waals surface area contributed by atoms with E-state index in [0.717, 1.165) is 18.7 Å². The third-order valence-electron chi connectivity index (χ3n) is 4.13. The van der Waals surface area contributed by atoms with Crippen molar-refractivity contribution in [3.63, 3.8) is 0 Å². The molecule has 5 heteroatoms. The van der Waals surface area contributed by atoms with Crippen LogP contribution in [0.1, 0.15) is 36.5 Å². The average molecular weight is 290 g/mol. The summed E-state index contributed by atoms with van der Waals surface area (Å²) in [5, 5.41) is 3.48. The topological polar surface area (TPSA) is 73.6 Å². The molecule has 2 fully saturated rings. The van der Waals surface area contributed by atoms with Gasteiger partial charge in [-0.15, -0.1) is 0 Å². The fourth-order valence-electron chi connectivity index (χ4n) is 2.89. The van der Waals surface area contributed by atoms with Gasteiger partial charge in [0, 0.05) is 6.61 Å². The Morgan fingerprint density at radius 2 is 2.24 bits per heavy atom. The van der Waals surface area contributed by atoms with E-state index in [1.807, 2.05) is 6.07 Å². The molecular weight excluding hydrogens is 268 g/mol. The fraction of sp³-hybridized carbons (Fsp3) is 0.562. The van der Waals surface area contributed by atoms with Crippen molar-refractivity contribution in [3.05, 3.63) is 23.8 Å². The molecule has 1 aliphatic carbocycles. The lowest BCUT2D eigenvalue weighted by molar-refractivity contribution is 0.0526. The van der Waals surface area contributed by atoms with Gasteiger partial charge in [0.2, 0.25) is 0 Å². The first-order valence-corrected chi connectivity index (χ1v) is 7.64. The molecule has 3 rings (SSSR count). The van der Waals surface area contributed by atoms with Crippen LogP contribution in [0.5, 0.6) is 0 Å². The van der Waals surface area contributed by atoms with Crippen LogP contribution in [0, 0.1) is 5.92 Å². The quantitative estimate of drug-likeness (QED) is 0.643. The van der Waals surface area contributed by atoms with Gasteiger partial charge in [-0.25, -0.2) is 4.79 Å². The Morgan fingerprint density at radius 1 is 1.43 bits per heavy atom. The zero-order valence-electron chi connectivity index (χ0n) is 12.3. The normalized spacial score (nSPS) is 24.8. The molecule has 0 spiro atoms. The molecule has 114 valence electrons. The molecule has 1 aromatic carbocycles. The summed E-state index contributed by atoms with van der Waals surface area (Å²) in [7, 11) is 0. The number of nitrogen functional groups attached to an aromatic ring is 1. The maximum Gasteiger partial charge on any atom is 0.338 e. The largest absolute Gasteiger partial charge is 0.462 e. The van der Waals surface area contributed by atoms with E-state index >= 15 is 0 Å². The molecule has 0 bridgehead atoms. The summed E-state index contributed by atoms with van der Waals surface area (Å²) in [6.07, 6.45) is 3.83. The average Bonchev–Trinajstić information content (AvgIpc) is 3.21. The summed E-state index contributed by atoms with van der Waals surface area (Å²) in [6.45, 7) is 2.95. The first kappa shape index (κ1) is 14.2. The number of hydrogen-bond donors (Lipinski definition) is 2. The second kappa shape index (κ2) is 5.93. The van der Waals surface area contributed by atoms with E-state index in [1.165, 1.54) is 12.8 Å². The second-order valence-corrected chi connectivity index (χ2v) is 5.73. The molecule has 1 heterocycles. The first-order valence-electron chi connectivity index (χ1n) is 7.64. The summed E-state index contributed by atoms with van der Waals surface area (Å²) in [4.78, 5) is 11.7. The fourth-order valence-corrected chi connectivity index (χ4v) is 2.89. The van der Waals surface area contributed by atoms with Crippen LogP contribution >= 0.6 is 0 Å². The Balaban J connectivity index is 1.69. The van der Waals surface area contributed by atoms with Gasteiger partial charge in [0.1, 0.15) is 0 Å². The minimum atomic E-state index is -0.337. The Labute approximate surface area is 124 Å². The third-order valence-corrected chi connectivity index (χ3v) is 4.13. The third kappa shape index (κ3) is 3.13. The summed E-state index contributed by atoms with van der Waals surface area (Å²) in [5.41, 5.74) is 7.98. The molecule has 1 aromatic rings. The molecule has 1 saturated heterocycles. The number of benzene rings is 1. The van der Waals surface area contributed by atoms with Crippen molar-refractivity contribution < 1.29 is 14.3 Å². The van der Waals surface area contributed by atoms with Crippen molar-refractivity contribution in [2.75, 3.05) is 24.3 Å². The van der Waals surface area contributed by atoms with Crippen molar-refractivity contribution in [1.29, 1.82) is 0 Å². The summed E-state index contributed by atoms with van der Waals surface area (Å²) in [5.74, 6) is 0.362. The Morgan fingerprint density at radius 3 is 2.90 bits per heavy atom. The minimum absolute atomic E-state index is 0.300. The Hall–Kier alpha value is -1.75. The number of hydrogen-bond acceptors (Lipinski definition) is 5. The van der Waals surface area contributed by atoms with E-state index < -0.39 is 0 Å². The maximum absolute atomic E-state index is 11.7. The van der Waals surface area contributed by atoms with E-state index in [2.05, 4.69) is 5.32 Å². The maximum atomic E-state index is 11.7. The Bertz CT molecular complexity index is 528. The summed E-state index contributed by atoms with van der Waals surface area (Å²) < 4.78 is 10.8. The highest BCUT2D eigenvalue weighted by Crippen LogP contribution is 2.40. The van der Waals surface area contributed by atoms with Crippen LogP contribution in [0.15, 0.2) is 18.2 Å². The minimum Gasteiger partial charge on any atom is -0.462 e. The zero-order valence-corrected chi connectivity index (χ0v) is 12.3. The van der Waals surface area contributed by atoms with Crippen LogP contribution in [0.25, 0.3) is 0 Å². The van der Waals surface area contributed by atoms with Gasteiger partial charge in [-0.1, -0.05) is 0 Å². The van der Waals surface area contributed by atoms with E-state index in [-0.39, 0.29) is 5.97 Å². The molecular formula is C16H22N2O3. The van der Waals surface area contributed by atoms with Crippen molar-refractivity contribution in [2.24, 2.45) is 5.92 Å². The number of esters is 1. The lowest BCUT2D eigenvalue weighted by Crippen LogP contribution is -2.31. The standard InChI is InChI=1S/C16H22N2O3/c1-2-20-16(19)11-5-6-13(12(17)9-11)18-14-7-8-21-15(14)10-3-4-10/h5-6,9-10,14-15,18H,2-4,7-8,17H2,1H3. The lowest BCUT2D eigenvalue weighted by atomic mass is 10.1. The van der Waals surface area contributed by atoms with Gasteiger partial charge in [-0.2, -0.15) is 0 Å². The van der Waals surface area contributed by atoms with Crippen LogP contribution in [0.2, 0.25) is 0 Å². The van der Waals surface area contributed by atoms with Gasteiger partial charge in [-0.05, 0) is 50.3 Å². The number of anilines is 2. The van der Waals surface area contributed by atoms with E-state index in [4.69, 9.17) is 15.2 Å². The van der Waals surface area contributed by atoms with E-state index in [9.17, 15) is 4.79 Å². The number of nitrogens with one attached hydrogen (secondary N) is 1.